The Bertz CT molecular complexity index is 3150. The monoisotopic (exact) mass is 733 g/mol. The topological polar surface area (TPSA) is 56.5 Å². The van der Waals surface area contributed by atoms with Crippen molar-refractivity contribution in [2.45, 2.75) is 0 Å². The molecule has 0 saturated carbocycles. The maximum Gasteiger partial charge on any atom is 0.164 e. The molecular weight excluding hydrogens is 703 g/mol. The van der Waals surface area contributed by atoms with Crippen molar-refractivity contribution in [3.63, 3.8) is 0 Å². The third kappa shape index (κ3) is 5.54. The van der Waals surface area contributed by atoms with Crippen LogP contribution in [0.25, 0.3) is 104 Å². The van der Waals surface area contributed by atoms with Gasteiger partial charge in [0.15, 0.2) is 17.5 Å². The van der Waals surface area contributed by atoms with E-state index in [1.165, 1.54) is 32.1 Å². The van der Waals surface area contributed by atoms with Crippen molar-refractivity contribution < 1.29 is 0 Å². The van der Waals surface area contributed by atoms with Crippen LogP contribution in [0.15, 0.2) is 188 Å². The summed E-state index contributed by atoms with van der Waals surface area (Å²) in [5.74, 6) is 1.96. The molecule has 0 spiro atoms. The fraction of sp³-hybridized carbons (Fsp3) is 0. The molecule has 0 N–H and O–H groups in total. The van der Waals surface area contributed by atoms with Crippen molar-refractivity contribution in [3.05, 3.63) is 188 Å². The molecule has 0 atom stereocenters. The van der Waals surface area contributed by atoms with Crippen LogP contribution in [-0.2, 0) is 0 Å². The van der Waals surface area contributed by atoms with Crippen molar-refractivity contribution in [1.82, 2.24) is 24.5 Å². The van der Waals surface area contributed by atoms with Gasteiger partial charge in [0.2, 0.25) is 0 Å². The van der Waals surface area contributed by atoms with Crippen LogP contribution in [0.3, 0.4) is 0 Å². The molecule has 3 heterocycles. The van der Waals surface area contributed by atoms with Gasteiger partial charge >= 0.3 is 0 Å². The summed E-state index contributed by atoms with van der Waals surface area (Å²) in [7, 11) is 0. The van der Waals surface area contributed by atoms with E-state index in [0.29, 0.717) is 17.5 Å². The van der Waals surface area contributed by atoms with Crippen molar-refractivity contribution in [2.75, 3.05) is 0 Å². The minimum atomic E-state index is 0.650. The van der Waals surface area contributed by atoms with E-state index >= 15 is 0 Å². The molecule has 262 valence electrons. The molecule has 0 fully saturated rings. The number of fused-ring (bicyclic) bond motifs is 5. The molecule has 0 saturated heterocycles. The molecule has 0 aliphatic heterocycles. The van der Waals surface area contributed by atoms with Gasteiger partial charge in [0, 0.05) is 38.7 Å². The molecule has 6 heteroatoms. The first-order valence-corrected chi connectivity index (χ1v) is 19.5. The fourth-order valence-electron chi connectivity index (χ4n) is 7.77. The predicted octanol–water partition coefficient (Wildman–Crippen LogP) is 13.1. The van der Waals surface area contributed by atoms with E-state index in [0.717, 1.165) is 54.8 Å². The highest BCUT2D eigenvalue weighted by Gasteiger charge is 2.18. The molecule has 0 unspecified atom stereocenters. The van der Waals surface area contributed by atoms with E-state index in [1.807, 2.05) is 60.7 Å². The number of aromatic nitrogens is 5. The number of hydrogen-bond acceptors (Lipinski definition) is 5. The van der Waals surface area contributed by atoms with Gasteiger partial charge in [0.05, 0.1) is 21.3 Å². The predicted molar refractivity (Wildman–Crippen MR) is 232 cm³/mol. The zero-order valence-electron chi connectivity index (χ0n) is 30.0. The number of para-hydroxylation sites is 2. The second-order valence-electron chi connectivity index (χ2n) is 13.9. The summed E-state index contributed by atoms with van der Waals surface area (Å²) in [5, 5.41) is 5.77. The first-order valence-electron chi connectivity index (χ1n) is 18.6. The van der Waals surface area contributed by atoms with E-state index in [-0.39, 0.29) is 0 Å². The van der Waals surface area contributed by atoms with E-state index in [2.05, 4.69) is 132 Å². The number of hydrogen-bond donors (Lipinski definition) is 0. The third-order valence-corrected chi connectivity index (χ3v) is 11.5. The summed E-state index contributed by atoms with van der Waals surface area (Å²) >= 11 is 1.75. The molecule has 0 radical (unpaired) electrons. The van der Waals surface area contributed by atoms with Gasteiger partial charge in [-0.05, 0) is 70.4 Å². The Kier molecular flexibility index (Phi) is 7.60. The Morgan fingerprint density at radius 1 is 0.393 bits per heavy atom. The van der Waals surface area contributed by atoms with Crippen LogP contribution in [0, 0.1) is 0 Å². The van der Waals surface area contributed by atoms with Crippen LogP contribution >= 0.6 is 11.3 Å². The third-order valence-electron chi connectivity index (χ3n) is 10.5. The Morgan fingerprint density at radius 2 is 0.964 bits per heavy atom. The summed E-state index contributed by atoms with van der Waals surface area (Å²) < 4.78 is 3.58. The van der Waals surface area contributed by atoms with E-state index in [9.17, 15) is 0 Å². The van der Waals surface area contributed by atoms with Gasteiger partial charge in [-0.25, -0.2) is 19.9 Å². The van der Waals surface area contributed by atoms with Gasteiger partial charge in [-0.2, -0.15) is 0 Å². The normalized spacial score (nSPS) is 11.6. The Morgan fingerprint density at radius 3 is 1.68 bits per heavy atom. The smallest absolute Gasteiger partial charge is 0.164 e. The number of benzene rings is 8. The lowest BCUT2D eigenvalue weighted by atomic mass is 9.99. The van der Waals surface area contributed by atoms with Gasteiger partial charge in [-0.1, -0.05) is 140 Å². The highest BCUT2D eigenvalue weighted by atomic mass is 32.1. The van der Waals surface area contributed by atoms with Crippen LogP contribution in [0.5, 0.6) is 0 Å². The van der Waals surface area contributed by atoms with Gasteiger partial charge < -0.3 is 4.57 Å². The minimum absolute atomic E-state index is 0.650. The van der Waals surface area contributed by atoms with Gasteiger partial charge in [-0.3, -0.25) is 0 Å². The lowest BCUT2D eigenvalue weighted by Gasteiger charge is -2.11. The number of nitrogens with zero attached hydrogens (tertiary/aromatic N) is 5. The van der Waals surface area contributed by atoms with Crippen LogP contribution in [0.4, 0.5) is 0 Å². The Labute approximate surface area is 326 Å². The summed E-state index contributed by atoms with van der Waals surface area (Å²) in [6.07, 6.45) is 0. The Balaban J connectivity index is 0.948. The van der Waals surface area contributed by atoms with E-state index < -0.39 is 0 Å². The summed E-state index contributed by atoms with van der Waals surface area (Å²) in [6, 6.07) is 65.8. The Hall–Kier alpha value is -7.28. The van der Waals surface area contributed by atoms with Gasteiger partial charge in [-0.15, -0.1) is 11.3 Å². The molecule has 11 aromatic rings. The molecule has 5 nitrogen and oxygen atoms in total. The lowest BCUT2D eigenvalue weighted by Crippen LogP contribution is -2.00. The average molecular weight is 734 g/mol. The zero-order chi connectivity index (χ0) is 37.0. The highest BCUT2D eigenvalue weighted by molar-refractivity contribution is 7.21. The van der Waals surface area contributed by atoms with Crippen molar-refractivity contribution in [1.29, 1.82) is 0 Å². The van der Waals surface area contributed by atoms with Crippen molar-refractivity contribution >= 4 is 54.1 Å². The quantitative estimate of drug-likeness (QED) is 0.171. The van der Waals surface area contributed by atoms with Crippen molar-refractivity contribution in [2.24, 2.45) is 0 Å². The molecule has 0 bridgehead atoms. The lowest BCUT2D eigenvalue weighted by molar-refractivity contribution is 1.07. The minimum Gasteiger partial charge on any atom is -0.309 e. The van der Waals surface area contributed by atoms with E-state index in [1.54, 1.807) is 11.3 Å². The summed E-state index contributed by atoms with van der Waals surface area (Å²) in [6.45, 7) is 0. The fourth-order valence-corrected chi connectivity index (χ4v) is 8.77. The van der Waals surface area contributed by atoms with E-state index in [4.69, 9.17) is 19.9 Å². The molecule has 3 aromatic heterocycles. The maximum absolute atomic E-state index is 5.04. The molecule has 11 rings (SSSR count). The van der Waals surface area contributed by atoms with Crippen LogP contribution in [0.2, 0.25) is 0 Å². The number of rotatable bonds is 6. The van der Waals surface area contributed by atoms with Crippen LogP contribution in [0.1, 0.15) is 0 Å². The molecule has 0 aliphatic rings. The molecule has 0 amide bonds. The molecule has 0 aliphatic carbocycles. The molecule has 56 heavy (non-hydrogen) atoms. The van der Waals surface area contributed by atoms with Crippen LogP contribution < -0.4 is 0 Å². The van der Waals surface area contributed by atoms with Gasteiger partial charge in [0.1, 0.15) is 5.01 Å². The molecular formula is C50H31N5S. The first-order chi connectivity index (χ1) is 27.7. The SMILES string of the molecule is c1ccc(-c2nc(-c3ccccc3)nc(-c3ccc4cc(-c5ccc(-n6c7ccccc7c7c(-c8nc9ccccc9s8)cccc76)cc5)ccc4c3)n2)cc1. The second-order valence-corrected chi connectivity index (χ2v) is 14.9. The summed E-state index contributed by atoms with van der Waals surface area (Å²) in [5.41, 5.74) is 10.8. The second kappa shape index (κ2) is 13.2. The summed E-state index contributed by atoms with van der Waals surface area (Å²) in [4.78, 5) is 19.8. The first kappa shape index (κ1) is 32.2. The maximum atomic E-state index is 5.04. The standard InChI is InChI=1S/C50H31N5S/c1-3-12-33(13-4-1)47-52-48(34-14-5-2-6-15-34)54-49(53-47)38-25-24-36-30-35(22-23-37(36)31-38)32-26-28-39(29-27-32)55-43-19-9-7-16-40(43)46-41(17-11-20-44(46)55)50-51-42-18-8-10-21-45(42)56-50/h1-31H. The largest absolute Gasteiger partial charge is 0.309 e. The highest BCUT2D eigenvalue weighted by Crippen LogP contribution is 2.41. The molecule has 8 aromatic carbocycles. The average Bonchev–Trinajstić information content (AvgIpc) is 3.86. The number of thiazole rings is 1. The van der Waals surface area contributed by atoms with Crippen LogP contribution in [-0.4, -0.2) is 24.5 Å². The van der Waals surface area contributed by atoms with Gasteiger partial charge in [0.25, 0.3) is 0 Å². The van der Waals surface area contributed by atoms with Crippen molar-refractivity contribution in [3.8, 4) is 61.5 Å². The zero-order valence-corrected chi connectivity index (χ0v) is 30.9.